The average molecular weight is 332 g/mol. The van der Waals surface area contributed by atoms with Gasteiger partial charge in [0, 0.05) is 36.1 Å². The Hall–Kier alpha value is -1.43. The van der Waals surface area contributed by atoms with E-state index in [-0.39, 0.29) is 6.61 Å². The summed E-state index contributed by atoms with van der Waals surface area (Å²) in [5.41, 5.74) is 2.11. The fourth-order valence-corrected chi connectivity index (χ4v) is 4.01. The van der Waals surface area contributed by atoms with E-state index < -0.39 is 0 Å². The third-order valence-corrected chi connectivity index (χ3v) is 5.25. The number of thiazole rings is 1. The minimum absolute atomic E-state index is 0.0188. The minimum Gasteiger partial charge on any atom is -0.494 e. The van der Waals surface area contributed by atoms with Crippen molar-refractivity contribution in [2.24, 2.45) is 0 Å². The summed E-state index contributed by atoms with van der Waals surface area (Å²) >= 11 is 1.76. The Kier molecular flexibility index (Phi) is 5.65. The quantitative estimate of drug-likeness (QED) is 0.880. The lowest BCUT2D eigenvalue weighted by molar-refractivity contribution is 0.199. The smallest absolute Gasteiger partial charge is 0.124 e. The highest BCUT2D eigenvalue weighted by molar-refractivity contribution is 7.09. The van der Waals surface area contributed by atoms with Crippen molar-refractivity contribution in [3.05, 3.63) is 45.9 Å². The maximum absolute atomic E-state index is 9.54. The summed E-state index contributed by atoms with van der Waals surface area (Å²) in [5, 5.41) is 12.9. The van der Waals surface area contributed by atoms with E-state index in [4.69, 9.17) is 4.74 Å². The molecule has 5 heteroatoms. The first-order chi connectivity index (χ1) is 11.3. The molecule has 1 aliphatic heterocycles. The van der Waals surface area contributed by atoms with E-state index >= 15 is 0 Å². The number of ether oxygens (including phenoxy) is 1. The van der Waals surface area contributed by atoms with Crippen molar-refractivity contribution in [1.29, 1.82) is 0 Å². The fourth-order valence-electron chi connectivity index (χ4n) is 3.25. The SMILES string of the molecule is CCOc1ccc(CN2CCC[C@@H](c3nccs3)C2)cc1CO. The number of aliphatic hydroxyl groups excluding tert-OH is 1. The van der Waals surface area contributed by atoms with Gasteiger partial charge in [-0.3, -0.25) is 4.90 Å². The van der Waals surface area contributed by atoms with Gasteiger partial charge in [-0.1, -0.05) is 6.07 Å². The molecule has 0 saturated carbocycles. The Bertz CT molecular complexity index is 615. The number of aliphatic hydroxyl groups is 1. The van der Waals surface area contributed by atoms with Gasteiger partial charge < -0.3 is 9.84 Å². The van der Waals surface area contributed by atoms with Gasteiger partial charge in [-0.05, 0) is 44.0 Å². The van der Waals surface area contributed by atoms with Crippen LogP contribution in [-0.4, -0.2) is 34.7 Å². The third-order valence-electron chi connectivity index (χ3n) is 4.31. The van der Waals surface area contributed by atoms with Crippen molar-refractivity contribution in [2.75, 3.05) is 19.7 Å². The van der Waals surface area contributed by atoms with Gasteiger partial charge in [0.15, 0.2) is 0 Å². The molecule has 1 atom stereocenters. The number of hydrogen-bond acceptors (Lipinski definition) is 5. The second kappa shape index (κ2) is 7.90. The zero-order chi connectivity index (χ0) is 16.1. The number of rotatable bonds is 6. The van der Waals surface area contributed by atoms with E-state index in [2.05, 4.69) is 27.4 Å². The number of hydrogen-bond donors (Lipinski definition) is 1. The minimum atomic E-state index is 0.0188. The van der Waals surface area contributed by atoms with E-state index in [1.807, 2.05) is 19.2 Å². The molecule has 3 rings (SSSR count). The molecule has 1 fully saturated rings. The van der Waals surface area contributed by atoms with Crippen LogP contribution in [0.1, 0.15) is 41.8 Å². The highest BCUT2D eigenvalue weighted by Crippen LogP contribution is 2.29. The predicted octanol–water partition coefficient (Wildman–Crippen LogP) is 3.41. The standard InChI is InChI=1S/C18H24N2O2S/c1-2-22-17-6-5-14(10-16(17)13-21)11-20-8-3-4-15(12-20)18-19-7-9-23-18/h5-7,9-10,15,21H,2-4,8,11-13H2,1H3/t15-/m1/s1. The molecule has 0 unspecified atom stereocenters. The molecule has 1 aliphatic rings. The number of aromatic nitrogens is 1. The number of piperidine rings is 1. The normalized spacial score (nSPS) is 19.0. The van der Waals surface area contributed by atoms with Gasteiger partial charge in [-0.25, -0.2) is 4.98 Å². The Balaban J connectivity index is 1.66. The van der Waals surface area contributed by atoms with Crippen LogP contribution in [0.5, 0.6) is 5.75 Å². The lowest BCUT2D eigenvalue weighted by Gasteiger charge is -2.32. The summed E-state index contributed by atoms with van der Waals surface area (Å²) in [6, 6.07) is 6.15. The van der Waals surface area contributed by atoms with Crippen molar-refractivity contribution in [3.8, 4) is 5.75 Å². The van der Waals surface area contributed by atoms with Crippen molar-refractivity contribution in [2.45, 2.75) is 38.8 Å². The fraction of sp³-hybridized carbons (Fsp3) is 0.500. The maximum atomic E-state index is 9.54. The molecule has 2 aromatic rings. The monoisotopic (exact) mass is 332 g/mol. The Morgan fingerprint density at radius 1 is 1.43 bits per heavy atom. The van der Waals surface area contributed by atoms with Crippen LogP contribution in [0.25, 0.3) is 0 Å². The zero-order valence-corrected chi connectivity index (χ0v) is 14.4. The van der Waals surface area contributed by atoms with Crippen molar-refractivity contribution >= 4 is 11.3 Å². The third kappa shape index (κ3) is 4.10. The van der Waals surface area contributed by atoms with Crippen LogP contribution in [-0.2, 0) is 13.2 Å². The van der Waals surface area contributed by atoms with Crippen molar-refractivity contribution < 1.29 is 9.84 Å². The second-order valence-corrected chi connectivity index (χ2v) is 6.90. The summed E-state index contributed by atoms with van der Waals surface area (Å²) in [4.78, 5) is 6.98. The number of likely N-dealkylation sites (tertiary alicyclic amines) is 1. The molecule has 0 amide bonds. The van der Waals surface area contributed by atoms with Crippen LogP contribution in [0.4, 0.5) is 0 Å². The highest BCUT2D eigenvalue weighted by Gasteiger charge is 2.23. The molecule has 1 saturated heterocycles. The average Bonchev–Trinajstić information content (AvgIpc) is 3.11. The predicted molar refractivity (Wildman–Crippen MR) is 92.9 cm³/mol. The largest absolute Gasteiger partial charge is 0.494 e. The van der Waals surface area contributed by atoms with E-state index in [0.29, 0.717) is 12.5 Å². The molecule has 0 radical (unpaired) electrons. The second-order valence-electron chi connectivity index (χ2n) is 5.98. The van der Waals surface area contributed by atoms with Crippen LogP contribution in [0.2, 0.25) is 0 Å². The number of nitrogens with zero attached hydrogens (tertiary/aromatic N) is 2. The van der Waals surface area contributed by atoms with Crippen LogP contribution in [0.15, 0.2) is 29.8 Å². The molecular formula is C18H24N2O2S. The molecule has 0 aliphatic carbocycles. The van der Waals surface area contributed by atoms with E-state index in [0.717, 1.165) is 30.9 Å². The van der Waals surface area contributed by atoms with Gasteiger partial charge in [0.25, 0.3) is 0 Å². The molecular weight excluding hydrogens is 308 g/mol. The molecule has 1 aromatic heterocycles. The molecule has 0 bridgehead atoms. The van der Waals surface area contributed by atoms with Gasteiger partial charge in [0.05, 0.1) is 18.2 Å². The first kappa shape index (κ1) is 16.4. The summed E-state index contributed by atoms with van der Waals surface area (Å²) < 4.78 is 5.56. The van der Waals surface area contributed by atoms with Crippen LogP contribution < -0.4 is 4.74 Å². The Morgan fingerprint density at radius 2 is 2.35 bits per heavy atom. The highest BCUT2D eigenvalue weighted by atomic mass is 32.1. The molecule has 0 spiro atoms. The van der Waals surface area contributed by atoms with Gasteiger partial charge in [-0.2, -0.15) is 0 Å². The van der Waals surface area contributed by atoms with E-state index in [1.54, 1.807) is 11.3 Å². The van der Waals surface area contributed by atoms with E-state index in [9.17, 15) is 5.11 Å². The van der Waals surface area contributed by atoms with Gasteiger partial charge in [-0.15, -0.1) is 11.3 Å². The van der Waals surface area contributed by atoms with E-state index in [1.165, 1.54) is 23.4 Å². The summed E-state index contributed by atoms with van der Waals surface area (Å²) in [5.74, 6) is 1.35. The number of benzene rings is 1. The topological polar surface area (TPSA) is 45.6 Å². The first-order valence-corrected chi connectivity index (χ1v) is 9.15. The van der Waals surface area contributed by atoms with Crippen LogP contribution >= 0.6 is 11.3 Å². The first-order valence-electron chi connectivity index (χ1n) is 8.27. The molecule has 124 valence electrons. The lowest BCUT2D eigenvalue weighted by Crippen LogP contribution is -2.33. The lowest BCUT2D eigenvalue weighted by atomic mass is 9.98. The summed E-state index contributed by atoms with van der Waals surface area (Å²) in [6.07, 6.45) is 4.35. The molecule has 4 nitrogen and oxygen atoms in total. The summed E-state index contributed by atoms with van der Waals surface area (Å²) in [6.45, 7) is 5.71. The molecule has 1 N–H and O–H groups in total. The van der Waals surface area contributed by atoms with Crippen molar-refractivity contribution in [1.82, 2.24) is 9.88 Å². The summed E-state index contributed by atoms with van der Waals surface area (Å²) in [7, 11) is 0. The Morgan fingerprint density at radius 3 is 3.09 bits per heavy atom. The van der Waals surface area contributed by atoms with Gasteiger partial charge in [0.2, 0.25) is 0 Å². The van der Waals surface area contributed by atoms with Crippen LogP contribution in [0.3, 0.4) is 0 Å². The van der Waals surface area contributed by atoms with Gasteiger partial charge >= 0.3 is 0 Å². The van der Waals surface area contributed by atoms with Crippen LogP contribution in [0, 0.1) is 0 Å². The molecule has 1 aromatic carbocycles. The molecule has 2 heterocycles. The van der Waals surface area contributed by atoms with Gasteiger partial charge in [0.1, 0.15) is 5.75 Å². The van der Waals surface area contributed by atoms with Crippen molar-refractivity contribution in [3.63, 3.8) is 0 Å². The zero-order valence-electron chi connectivity index (χ0n) is 13.6. The molecule has 23 heavy (non-hydrogen) atoms. The maximum Gasteiger partial charge on any atom is 0.124 e. The Labute approximate surface area is 141 Å².